The van der Waals surface area contributed by atoms with Crippen LogP contribution in [0.4, 0.5) is 5.82 Å². The molecule has 0 saturated heterocycles. The molecule has 1 N–H and O–H groups in total. The summed E-state index contributed by atoms with van der Waals surface area (Å²) in [5.74, 6) is 1.35. The first-order chi connectivity index (χ1) is 10.8. The van der Waals surface area contributed by atoms with E-state index in [-0.39, 0.29) is 11.7 Å². The van der Waals surface area contributed by atoms with Gasteiger partial charge in [-0.1, -0.05) is 0 Å². The minimum atomic E-state index is -0.152. The topological polar surface area (TPSA) is 84.0 Å². The Labute approximate surface area is 127 Å². The standard InChI is InChI=1S/C15H17N5O2/c21-13-8-10-4-7-20(9-12(10)18-19-13)14-15(17-6-5-16-14)22-11-2-1-3-11/h5-6,8,11H,1-4,7,9H2,(H,19,21). The van der Waals surface area contributed by atoms with Crippen LogP contribution in [0.2, 0.25) is 0 Å². The third kappa shape index (κ3) is 2.43. The fraction of sp³-hybridized carbons (Fsp3) is 0.467. The lowest BCUT2D eigenvalue weighted by atomic mass is 9.96. The van der Waals surface area contributed by atoms with E-state index in [9.17, 15) is 4.79 Å². The van der Waals surface area contributed by atoms with Gasteiger partial charge in [-0.05, 0) is 31.2 Å². The van der Waals surface area contributed by atoms with Gasteiger partial charge >= 0.3 is 0 Å². The first-order valence-corrected chi connectivity index (χ1v) is 7.60. The van der Waals surface area contributed by atoms with Crippen LogP contribution >= 0.6 is 0 Å². The Bertz CT molecular complexity index is 741. The number of hydrogen-bond acceptors (Lipinski definition) is 6. The van der Waals surface area contributed by atoms with Crippen LogP contribution in [0.5, 0.6) is 5.88 Å². The number of nitrogens with one attached hydrogen (secondary N) is 1. The van der Waals surface area contributed by atoms with Gasteiger partial charge in [0.05, 0.1) is 12.2 Å². The van der Waals surface area contributed by atoms with Gasteiger partial charge in [0, 0.05) is 25.0 Å². The smallest absolute Gasteiger partial charge is 0.264 e. The molecule has 0 radical (unpaired) electrons. The average molecular weight is 299 g/mol. The van der Waals surface area contributed by atoms with Gasteiger partial charge in [-0.3, -0.25) is 4.79 Å². The number of aromatic nitrogens is 4. The van der Waals surface area contributed by atoms with Crippen LogP contribution in [0, 0.1) is 0 Å². The molecule has 114 valence electrons. The van der Waals surface area contributed by atoms with Crippen molar-refractivity contribution < 1.29 is 4.74 Å². The van der Waals surface area contributed by atoms with Gasteiger partial charge in [0.25, 0.3) is 11.4 Å². The van der Waals surface area contributed by atoms with E-state index in [1.54, 1.807) is 18.5 Å². The third-order valence-electron chi connectivity index (χ3n) is 4.25. The SMILES string of the molecule is O=c1cc2c(n[nH]1)CN(c1nccnc1OC1CCC1)CC2. The first kappa shape index (κ1) is 13.2. The highest BCUT2D eigenvalue weighted by atomic mass is 16.5. The number of fused-ring (bicyclic) bond motifs is 1. The Balaban J connectivity index is 1.60. The highest BCUT2D eigenvalue weighted by Crippen LogP contribution is 2.31. The van der Waals surface area contributed by atoms with Crippen molar-refractivity contribution in [1.82, 2.24) is 20.2 Å². The maximum absolute atomic E-state index is 11.3. The van der Waals surface area contributed by atoms with Crippen LogP contribution in [0.3, 0.4) is 0 Å². The molecule has 22 heavy (non-hydrogen) atoms. The molecular formula is C15H17N5O2. The van der Waals surface area contributed by atoms with Gasteiger partial charge in [-0.25, -0.2) is 15.1 Å². The van der Waals surface area contributed by atoms with Gasteiger partial charge in [0.1, 0.15) is 6.10 Å². The molecule has 7 heteroatoms. The second-order valence-electron chi connectivity index (χ2n) is 5.73. The number of anilines is 1. The largest absolute Gasteiger partial charge is 0.472 e. The molecule has 0 aromatic carbocycles. The number of aromatic amines is 1. The number of rotatable bonds is 3. The summed E-state index contributed by atoms with van der Waals surface area (Å²) in [6.07, 6.45) is 7.76. The second kappa shape index (κ2) is 5.40. The molecule has 0 unspecified atom stereocenters. The number of hydrogen-bond donors (Lipinski definition) is 1. The van der Waals surface area contributed by atoms with Gasteiger partial charge in [-0.15, -0.1) is 0 Å². The highest BCUT2D eigenvalue weighted by molar-refractivity contribution is 5.49. The van der Waals surface area contributed by atoms with Crippen LogP contribution < -0.4 is 15.2 Å². The van der Waals surface area contributed by atoms with Crippen molar-refractivity contribution in [2.45, 2.75) is 38.3 Å². The van der Waals surface area contributed by atoms with Crippen LogP contribution in [0.15, 0.2) is 23.3 Å². The van der Waals surface area contributed by atoms with E-state index in [0.717, 1.165) is 42.9 Å². The molecule has 1 saturated carbocycles. The summed E-state index contributed by atoms with van der Waals surface area (Å²) in [6.45, 7) is 1.38. The van der Waals surface area contributed by atoms with E-state index in [2.05, 4.69) is 25.1 Å². The molecule has 1 fully saturated rings. The van der Waals surface area contributed by atoms with E-state index in [0.29, 0.717) is 12.4 Å². The highest BCUT2D eigenvalue weighted by Gasteiger charge is 2.26. The van der Waals surface area contributed by atoms with E-state index in [4.69, 9.17) is 4.74 Å². The molecular weight excluding hydrogens is 282 g/mol. The molecule has 0 amide bonds. The number of nitrogens with zero attached hydrogens (tertiary/aromatic N) is 4. The summed E-state index contributed by atoms with van der Waals surface area (Å²) in [6, 6.07) is 1.63. The molecule has 0 bridgehead atoms. The van der Waals surface area contributed by atoms with Gasteiger partial charge in [0.2, 0.25) is 0 Å². The van der Waals surface area contributed by atoms with Crippen molar-refractivity contribution in [2.75, 3.05) is 11.4 Å². The van der Waals surface area contributed by atoms with Crippen molar-refractivity contribution >= 4 is 5.82 Å². The monoisotopic (exact) mass is 299 g/mol. The minimum absolute atomic E-state index is 0.152. The van der Waals surface area contributed by atoms with Gasteiger partial charge < -0.3 is 9.64 Å². The maximum Gasteiger partial charge on any atom is 0.264 e. The average Bonchev–Trinajstić information content (AvgIpc) is 2.51. The summed E-state index contributed by atoms with van der Waals surface area (Å²) in [4.78, 5) is 22.2. The van der Waals surface area contributed by atoms with Crippen LogP contribution in [-0.4, -0.2) is 32.8 Å². The van der Waals surface area contributed by atoms with Crippen molar-refractivity contribution in [3.63, 3.8) is 0 Å². The lowest BCUT2D eigenvalue weighted by molar-refractivity contribution is 0.114. The Morgan fingerprint density at radius 3 is 2.95 bits per heavy atom. The lowest BCUT2D eigenvalue weighted by Crippen LogP contribution is -2.34. The summed E-state index contributed by atoms with van der Waals surface area (Å²) >= 11 is 0. The molecule has 1 aliphatic heterocycles. The summed E-state index contributed by atoms with van der Waals surface area (Å²) in [7, 11) is 0. The van der Waals surface area contributed by atoms with Gasteiger partial charge in [-0.2, -0.15) is 5.10 Å². The maximum atomic E-state index is 11.3. The zero-order chi connectivity index (χ0) is 14.9. The summed E-state index contributed by atoms with van der Waals surface area (Å²) < 4.78 is 5.95. The minimum Gasteiger partial charge on any atom is -0.472 e. The second-order valence-corrected chi connectivity index (χ2v) is 5.73. The van der Waals surface area contributed by atoms with Crippen molar-refractivity contribution in [2.24, 2.45) is 0 Å². The molecule has 2 aromatic heterocycles. The normalized spacial score (nSPS) is 17.7. The molecule has 1 aliphatic carbocycles. The summed E-state index contributed by atoms with van der Waals surface area (Å²) in [5.41, 5.74) is 1.73. The predicted molar refractivity (Wildman–Crippen MR) is 79.9 cm³/mol. The van der Waals surface area contributed by atoms with E-state index in [1.807, 2.05) is 0 Å². The molecule has 4 rings (SSSR count). The number of H-pyrrole nitrogens is 1. The van der Waals surface area contributed by atoms with E-state index < -0.39 is 0 Å². The predicted octanol–water partition coefficient (Wildman–Crippen LogP) is 1.05. The quantitative estimate of drug-likeness (QED) is 0.912. The zero-order valence-corrected chi connectivity index (χ0v) is 12.2. The van der Waals surface area contributed by atoms with Crippen LogP contribution in [0.25, 0.3) is 0 Å². The van der Waals surface area contributed by atoms with Crippen LogP contribution in [0.1, 0.15) is 30.5 Å². The van der Waals surface area contributed by atoms with E-state index in [1.165, 1.54) is 6.42 Å². The molecule has 7 nitrogen and oxygen atoms in total. The van der Waals surface area contributed by atoms with Crippen LogP contribution in [-0.2, 0) is 13.0 Å². The Morgan fingerprint density at radius 2 is 2.14 bits per heavy atom. The first-order valence-electron chi connectivity index (χ1n) is 7.60. The fourth-order valence-corrected chi connectivity index (χ4v) is 2.78. The third-order valence-corrected chi connectivity index (χ3v) is 4.25. The Kier molecular flexibility index (Phi) is 3.25. The van der Waals surface area contributed by atoms with Crippen molar-refractivity contribution in [3.05, 3.63) is 40.1 Å². The number of ether oxygens (including phenoxy) is 1. The molecule has 0 atom stereocenters. The molecule has 2 aromatic rings. The summed E-state index contributed by atoms with van der Waals surface area (Å²) in [5, 5.41) is 6.64. The van der Waals surface area contributed by atoms with Crippen molar-refractivity contribution in [3.8, 4) is 5.88 Å². The molecule has 0 spiro atoms. The van der Waals surface area contributed by atoms with Crippen molar-refractivity contribution in [1.29, 1.82) is 0 Å². The van der Waals surface area contributed by atoms with E-state index >= 15 is 0 Å². The fourth-order valence-electron chi connectivity index (χ4n) is 2.78. The lowest BCUT2D eigenvalue weighted by Gasteiger charge is -2.31. The Hall–Kier alpha value is -2.44. The molecule has 3 heterocycles. The zero-order valence-electron chi connectivity index (χ0n) is 12.2. The molecule has 2 aliphatic rings. The van der Waals surface area contributed by atoms with Gasteiger partial charge in [0.15, 0.2) is 5.82 Å². The Morgan fingerprint density at radius 1 is 1.27 bits per heavy atom.